The van der Waals surface area contributed by atoms with E-state index in [0.717, 1.165) is 11.1 Å². The number of amides is 3. The third-order valence-electron chi connectivity index (χ3n) is 5.01. The second-order valence-corrected chi connectivity index (χ2v) is 7.32. The molecule has 0 spiro atoms. The van der Waals surface area contributed by atoms with Crippen LogP contribution in [-0.2, 0) is 14.3 Å². The standard InChI is InChI=1S/C22H20FN3O4/c1-12-3-6-17-18(21(28)25-20(17)7-12)8-14-4-5-15(9-19(14)23)26-11-16(30-22(26)29)10-24-13(2)27/h3-9,16H,10-11H2,1-2H3,(H,24,27)(H,25,28)/b18-8-/t16-/m0/s1. The normalized spacial score (nSPS) is 19.0. The van der Waals surface area contributed by atoms with Gasteiger partial charge in [-0.05, 0) is 42.8 Å². The number of benzene rings is 2. The summed E-state index contributed by atoms with van der Waals surface area (Å²) in [6.45, 7) is 3.70. The van der Waals surface area contributed by atoms with Crippen molar-refractivity contribution in [2.24, 2.45) is 0 Å². The lowest BCUT2D eigenvalue weighted by molar-refractivity contribution is -0.119. The van der Waals surface area contributed by atoms with E-state index in [9.17, 15) is 18.8 Å². The highest BCUT2D eigenvalue weighted by Crippen LogP contribution is 2.34. The van der Waals surface area contributed by atoms with Gasteiger partial charge in [-0.2, -0.15) is 0 Å². The molecule has 2 N–H and O–H groups in total. The summed E-state index contributed by atoms with van der Waals surface area (Å²) in [4.78, 5) is 36.8. The molecule has 1 saturated heterocycles. The SMILES string of the molecule is CC(=O)NC[C@H]1CN(c2ccc(/C=C3\C(=O)Nc4cc(C)ccc43)c(F)c2)C(=O)O1. The molecule has 2 aromatic rings. The molecule has 1 atom stereocenters. The minimum absolute atomic E-state index is 0.193. The molecular formula is C22H20FN3O4. The lowest BCUT2D eigenvalue weighted by Gasteiger charge is -2.14. The number of carbonyl (C=O) groups is 3. The van der Waals surface area contributed by atoms with Crippen LogP contribution in [0.2, 0.25) is 0 Å². The Bertz CT molecular complexity index is 1100. The number of fused-ring (bicyclic) bond motifs is 1. The fraction of sp³-hybridized carbons (Fsp3) is 0.227. The average Bonchev–Trinajstić information content (AvgIpc) is 3.20. The number of rotatable bonds is 4. The van der Waals surface area contributed by atoms with Gasteiger partial charge in [0.15, 0.2) is 0 Å². The molecule has 0 radical (unpaired) electrons. The van der Waals surface area contributed by atoms with Crippen LogP contribution in [0, 0.1) is 12.7 Å². The van der Waals surface area contributed by atoms with Crippen LogP contribution >= 0.6 is 0 Å². The molecule has 0 saturated carbocycles. The van der Waals surface area contributed by atoms with Crippen LogP contribution in [0.4, 0.5) is 20.6 Å². The van der Waals surface area contributed by atoms with E-state index in [4.69, 9.17) is 4.74 Å². The van der Waals surface area contributed by atoms with Gasteiger partial charge in [0.1, 0.15) is 11.9 Å². The van der Waals surface area contributed by atoms with E-state index in [2.05, 4.69) is 10.6 Å². The van der Waals surface area contributed by atoms with Crippen molar-refractivity contribution in [1.29, 1.82) is 0 Å². The van der Waals surface area contributed by atoms with E-state index in [1.54, 1.807) is 6.07 Å². The van der Waals surface area contributed by atoms with Gasteiger partial charge in [0, 0.05) is 29.3 Å². The molecule has 2 heterocycles. The maximum absolute atomic E-state index is 14.8. The summed E-state index contributed by atoms with van der Waals surface area (Å²) < 4.78 is 20.0. The number of anilines is 2. The summed E-state index contributed by atoms with van der Waals surface area (Å²) in [5, 5.41) is 5.38. The monoisotopic (exact) mass is 409 g/mol. The fourth-order valence-corrected chi connectivity index (χ4v) is 3.50. The second-order valence-electron chi connectivity index (χ2n) is 7.32. The van der Waals surface area contributed by atoms with Crippen molar-refractivity contribution in [3.63, 3.8) is 0 Å². The van der Waals surface area contributed by atoms with Crippen molar-refractivity contribution in [3.05, 3.63) is 58.9 Å². The Morgan fingerprint density at radius 3 is 2.83 bits per heavy atom. The maximum Gasteiger partial charge on any atom is 0.414 e. The number of cyclic esters (lactones) is 1. The Kier molecular flexibility index (Phi) is 4.99. The zero-order chi connectivity index (χ0) is 21.4. The van der Waals surface area contributed by atoms with E-state index >= 15 is 0 Å². The van der Waals surface area contributed by atoms with Crippen LogP contribution in [0.15, 0.2) is 36.4 Å². The molecule has 2 aliphatic heterocycles. The first-order chi connectivity index (χ1) is 14.3. The smallest absolute Gasteiger partial charge is 0.414 e. The Labute approximate surface area is 172 Å². The van der Waals surface area contributed by atoms with Crippen LogP contribution < -0.4 is 15.5 Å². The molecule has 4 rings (SSSR count). The zero-order valence-corrected chi connectivity index (χ0v) is 16.5. The Morgan fingerprint density at radius 1 is 1.30 bits per heavy atom. The minimum atomic E-state index is -0.602. The molecule has 0 aliphatic carbocycles. The van der Waals surface area contributed by atoms with Gasteiger partial charge in [0.05, 0.1) is 18.8 Å². The molecule has 2 aromatic carbocycles. The highest BCUT2D eigenvalue weighted by Gasteiger charge is 2.33. The summed E-state index contributed by atoms with van der Waals surface area (Å²) in [5.74, 6) is -1.07. The van der Waals surface area contributed by atoms with Gasteiger partial charge in [0.2, 0.25) is 5.91 Å². The summed E-state index contributed by atoms with van der Waals surface area (Å²) in [6.07, 6.45) is 0.390. The van der Waals surface area contributed by atoms with Crippen LogP contribution in [-0.4, -0.2) is 37.1 Å². The van der Waals surface area contributed by atoms with Gasteiger partial charge in [-0.1, -0.05) is 12.1 Å². The van der Waals surface area contributed by atoms with Crippen molar-refractivity contribution >= 4 is 40.9 Å². The topological polar surface area (TPSA) is 87.7 Å². The molecule has 0 unspecified atom stereocenters. The summed E-state index contributed by atoms with van der Waals surface area (Å²) in [7, 11) is 0. The van der Waals surface area contributed by atoms with Gasteiger partial charge in [0.25, 0.3) is 5.91 Å². The Hall–Kier alpha value is -3.68. The number of ether oxygens (including phenoxy) is 1. The number of halogens is 1. The number of hydrogen-bond donors (Lipinski definition) is 2. The Morgan fingerprint density at radius 2 is 2.10 bits per heavy atom. The number of nitrogens with zero attached hydrogens (tertiary/aromatic N) is 1. The molecule has 154 valence electrons. The first-order valence-corrected chi connectivity index (χ1v) is 9.48. The Balaban J connectivity index is 1.56. The summed E-state index contributed by atoms with van der Waals surface area (Å²) in [5.41, 5.74) is 3.40. The van der Waals surface area contributed by atoms with E-state index in [1.165, 1.54) is 30.0 Å². The quantitative estimate of drug-likeness (QED) is 0.760. The van der Waals surface area contributed by atoms with Gasteiger partial charge in [-0.15, -0.1) is 0 Å². The number of carbonyl (C=O) groups excluding carboxylic acids is 3. The molecule has 3 amide bonds. The van der Waals surface area contributed by atoms with E-state index in [1.807, 2.05) is 25.1 Å². The lowest BCUT2D eigenvalue weighted by Crippen LogP contribution is -2.33. The first kappa shape index (κ1) is 19.6. The number of aryl methyl sites for hydroxylation is 1. The minimum Gasteiger partial charge on any atom is -0.442 e. The van der Waals surface area contributed by atoms with E-state index < -0.39 is 18.0 Å². The maximum atomic E-state index is 14.8. The van der Waals surface area contributed by atoms with Crippen molar-refractivity contribution in [2.45, 2.75) is 20.0 Å². The average molecular weight is 409 g/mol. The molecule has 0 bridgehead atoms. The van der Waals surface area contributed by atoms with Gasteiger partial charge < -0.3 is 15.4 Å². The van der Waals surface area contributed by atoms with Crippen LogP contribution in [0.25, 0.3) is 11.6 Å². The molecule has 8 heteroatoms. The van der Waals surface area contributed by atoms with Crippen LogP contribution in [0.1, 0.15) is 23.6 Å². The van der Waals surface area contributed by atoms with Crippen molar-refractivity contribution in [2.75, 3.05) is 23.3 Å². The molecular weight excluding hydrogens is 389 g/mol. The summed E-state index contributed by atoms with van der Waals surface area (Å²) in [6, 6.07) is 9.94. The van der Waals surface area contributed by atoms with Crippen molar-refractivity contribution < 1.29 is 23.5 Å². The van der Waals surface area contributed by atoms with Gasteiger partial charge in [-0.25, -0.2) is 9.18 Å². The number of nitrogens with one attached hydrogen (secondary N) is 2. The molecule has 7 nitrogen and oxygen atoms in total. The molecule has 30 heavy (non-hydrogen) atoms. The predicted molar refractivity (Wildman–Crippen MR) is 110 cm³/mol. The molecule has 1 fully saturated rings. The third kappa shape index (κ3) is 3.76. The number of hydrogen-bond acceptors (Lipinski definition) is 4. The van der Waals surface area contributed by atoms with Crippen molar-refractivity contribution in [1.82, 2.24) is 5.32 Å². The lowest BCUT2D eigenvalue weighted by atomic mass is 10.0. The van der Waals surface area contributed by atoms with Crippen LogP contribution in [0.3, 0.4) is 0 Å². The van der Waals surface area contributed by atoms with Crippen molar-refractivity contribution in [3.8, 4) is 0 Å². The van der Waals surface area contributed by atoms with Crippen LogP contribution in [0.5, 0.6) is 0 Å². The highest BCUT2D eigenvalue weighted by molar-refractivity contribution is 6.34. The first-order valence-electron chi connectivity index (χ1n) is 9.48. The highest BCUT2D eigenvalue weighted by atomic mass is 19.1. The largest absolute Gasteiger partial charge is 0.442 e. The summed E-state index contributed by atoms with van der Waals surface area (Å²) >= 11 is 0. The fourth-order valence-electron chi connectivity index (χ4n) is 3.50. The molecule has 0 aromatic heterocycles. The predicted octanol–water partition coefficient (Wildman–Crippen LogP) is 3.09. The second kappa shape index (κ2) is 7.62. The van der Waals surface area contributed by atoms with Gasteiger partial charge >= 0.3 is 6.09 Å². The van der Waals surface area contributed by atoms with E-state index in [0.29, 0.717) is 16.9 Å². The van der Waals surface area contributed by atoms with E-state index in [-0.39, 0.29) is 30.5 Å². The van der Waals surface area contributed by atoms with Gasteiger partial charge in [-0.3, -0.25) is 14.5 Å². The third-order valence-corrected chi connectivity index (χ3v) is 5.01. The zero-order valence-electron chi connectivity index (χ0n) is 16.5. The molecule has 2 aliphatic rings.